The topological polar surface area (TPSA) is 174 Å². The van der Waals surface area contributed by atoms with Crippen LogP contribution >= 0.6 is 0 Å². The number of aliphatic hydroxyl groups excluding tert-OH is 4. The molecule has 1 heterocycles. The Bertz CT molecular complexity index is 943. The van der Waals surface area contributed by atoms with E-state index in [0.29, 0.717) is 37.0 Å². The van der Waals surface area contributed by atoms with Gasteiger partial charge in [-0.05, 0) is 97.7 Å². The fourth-order valence-corrected chi connectivity index (χ4v) is 10.1. The Labute approximate surface area is 229 Å². The summed E-state index contributed by atoms with van der Waals surface area (Å²) in [5, 5.41) is 60.9. The van der Waals surface area contributed by atoms with Crippen LogP contribution in [0.2, 0.25) is 0 Å². The average molecular weight is 555 g/mol. The number of hydrogen-bond acceptors (Lipinski definition) is 8. The standard InChI is InChI=1S/C29H46O10/c1-13(10-20(31)32)16-4-5-17-21-18(7-9-29(16,17)3)28(2)8-6-15(11-14(28)12-19(21)30)38-27-24(35)22(33)23(34)25(39-27)26(36)37/h13-19,21-25,27,30,33-35H,4-12H2,1-3H3,(H,31,32)(H,36,37)/t13-,14+,15-,16-,17+,18+,19+,21+,22+,23+,24-,25+,27-,28+,29-/m1/s1. The van der Waals surface area contributed by atoms with Crippen LogP contribution in [0.5, 0.6) is 0 Å². The number of aliphatic hydroxyl groups is 4. The van der Waals surface area contributed by atoms with Gasteiger partial charge in [-0.2, -0.15) is 0 Å². The molecule has 4 aliphatic carbocycles. The molecule has 0 spiro atoms. The predicted octanol–water partition coefficient (Wildman–Crippen LogP) is 2.00. The van der Waals surface area contributed by atoms with Crippen molar-refractivity contribution in [2.24, 2.45) is 46.3 Å². The van der Waals surface area contributed by atoms with Crippen LogP contribution in [0.4, 0.5) is 0 Å². The third-order valence-corrected chi connectivity index (χ3v) is 12.0. The van der Waals surface area contributed by atoms with E-state index < -0.39 is 48.7 Å². The molecule has 0 bridgehead atoms. The number of carboxylic acid groups (broad SMARTS) is 2. The number of carboxylic acids is 2. The molecule has 4 saturated carbocycles. The molecule has 0 aromatic heterocycles. The second-order valence-corrected chi connectivity index (χ2v) is 13.9. The summed E-state index contributed by atoms with van der Waals surface area (Å²) in [7, 11) is 0. The molecule has 5 aliphatic rings. The second kappa shape index (κ2) is 10.5. The molecule has 0 amide bonds. The minimum atomic E-state index is -1.75. The van der Waals surface area contributed by atoms with Crippen molar-refractivity contribution < 1.29 is 49.7 Å². The molecule has 0 aromatic carbocycles. The van der Waals surface area contributed by atoms with Gasteiger partial charge in [-0.25, -0.2) is 4.79 Å². The summed E-state index contributed by atoms with van der Waals surface area (Å²) in [6, 6.07) is 0. The Morgan fingerprint density at radius 2 is 1.56 bits per heavy atom. The van der Waals surface area contributed by atoms with E-state index in [1.54, 1.807) is 0 Å². The SMILES string of the molecule is C[C@H](CC(=O)O)[C@H]1CC[C@H]2[C@@H]3[C@@H](O)C[C@@H]4C[C@H](O[C@@H]5O[C@H](C(=O)O)[C@@H](O)[C@H](O)[C@H]5O)CC[C@]4(C)[C@H]3CC[C@]12C. The van der Waals surface area contributed by atoms with E-state index in [-0.39, 0.29) is 41.1 Å². The highest BCUT2D eigenvalue weighted by molar-refractivity contribution is 5.73. The van der Waals surface area contributed by atoms with Gasteiger partial charge in [0.2, 0.25) is 0 Å². The summed E-state index contributed by atoms with van der Waals surface area (Å²) in [4.78, 5) is 22.9. The van der Waals surface area contributed by atoms with E-state index >= 15 is 0 Å². The van der Waals surface area contributed by atoms with Gasteiger partial charge in [0.05, 0.1) is 12.2 Å². The van der Waals surface area contributed by atoms with Gasteiger partial charge in [-0.1, -0.05) is 20.8 Å². The molecular weight excluding hydrogens is 508 g/mol. The van der Waals surface area contributed by atoms with Crippen LogP contribution in [-0.4, -0.2) is 85.5 Å². The smallest absolute Gasteiger partial charge is 0.335 e. The predicted molar refractivity (Wildman–Crippen MR) is 137 cm³/mol. The molecule has 6 N–H and O–H groups in total. The Morgan fingerprint density at radius 3 is 2.23 bits per heavy atom. The monoisotopic (exact) mass is 554 g/mol. The molecule has 1 aliphatic heterocycles. The zero-order chi connectivity index (χ0) is 28.4. The third-order valence-electron chi connectivity index (χ3n) is 12.0. The number of aliphatic carboxylic acids is 2. The van der Waals surface area contributed by atoms with Gasteiger partial charge in [0.15, 0.2) is 12.4 Å². The van der Waals surface area contributed by atoms with Crippen LogP contribution in [0.3, 0.4) is 0 Å². The van der Waals surface area contributed by atoms with Crippen LogP contribution in [0.25, 0.3) is 0 Å². The lowest BCUT2D eigenvalue weighted by Crippen LogP contribution is -2.61. The summed E-state index contributed by atoms with van der Waals surface area (Å²) in [6.07, 6.45) is -1.71. The Morgan fingerprint density at radius 1 is 0.897 bits per heavy atom. The minimum Gasteiger partial charge on any atom is -0.481 e. The van der Waals surface area contributed by atoms with Crippen LogP contribution < -0.4 is 0 Å². The van der Waals surface area contributed by atoms with Crippen LogP contribution in [0.15, 0.2) is 0 Å². The lowest BCUT2D eigenvalue weighted by Gasteiger charge is -2.62. The van der Waals surface area contributed by atoms with Crippen LogP contribution in [0.1, 0.15) is 78.6 Å². The van der Waals surface area contributed by atoms with Crippen molar-refractivity contribution in [1.82, 2.24) is 0 Å². The number of fused-ring (bicyclic) bond motifs is 5. The summed E-state index contributed by atoms with van der Waals surface area (Å²) in [5.41, 5.74) is 0.0578. The third kappa shape index (κ3) is 4.83. The van der Waals surface area contributed by atoms with E-state index in [4.69, 9.17) is 9.47 Å². The van der Waals surface area contributed by atoms with Gasteiger partial charge in [0, 0.05) is 6.42 Å². The van der Waals surface area contributed by atoms with E-state index in [1.807, 2.05) is 0 Å². The number of carbonyl (C=O) groups is 2. The maximum atomic E-state index is 11.6. The van der Waals surface area contributed by atoms with E-state index in [2.05, 4.69) is 20.8 Å². The first kappa shape index (κ1) is 29.2. The fourth-order valence-electron chi connectivity index (χ4n) is 10.1. The highest BCUT2D eigenvalue weighted by Gasteiger charge is 2.63. The van der Waals surface area contributed by atoms with Gasteiger partial charge in [0.25, 0.3) is 0 Å². The van der Waals surface area contributed by atoms with Crippen LogP contribution in [-0.2, 0) is 19.1 Å². The quantitative estimate of drug-likeness (QED) is 0.267. The molecule has 222 valence electrons. The Hall–Kier alpha value is -1.30. The summed E-state index contributed by atoms with van der Waals surface area (Å²) in [5.74, 6) is -0.585. The molecule has 5 fully saturated rings. The summed E-state index contributed by atoms with van der Waals surface area (Å²) >= 11 is 0. The second-order valence-electron chi connectivity index (χ2n) is 13.9. The number of rotatable bonds is 6. The molecule has 5 rings (SSSR count). The lowest BCUT2D eigenvalue weighted by molar-refractivity contribution is -0.310. The molecule has 15 atom stereocenters. The molecule has 0 aromatic rings. The van der Waals surface area contributed by atoms with Crippen molar-refractivity contribution in [3.05, 3.63) is 0 Å². The normalized spacial score (nSPS) is 52.3. The molecule has 39 heavy (non-hydrogen) atoms. The van der Waals surface area contributed by atoms with E-state index in [1.165, 1.54) is 0 Å². The van der Waals surface area contributed by atoms with Crippen molar-refractivity contribution in [2.45, 2.75) is 121 Å². The summed E-state index contributed by atoms with van der Waals surface area (Å²) < 4.78 is 11.4. The molecule has 1 saturated heterocycles. The first-order valence-corrected chi connectivity index (χ1v) is 14.8. The molecule has 10 heteroatoms. The number of ether oxygens (including phenoxy) is 2. The maximum absolute atomic E-state index is 11.6. The number of hydrogen-bond donors (Lipinski definition) is 6. The summed E-state index contributed by atoms with van der Waals surface area (Å²) in [6.45, 7) is 6.74. The highest BCUT2D eigenvalue weighted by Crippen LogP contribution is 2.68. The Kier molecular flexibility index (Phi) is 7.87. The zero-order valence-corrected chi connectivity index (χ0v) is 23.2. The molecule has 0 radical (unpaired) electrons. The van der Waals surface area contributed by atoms with Crippen molar-refractivity contribution in [1.29, 1.82) is 0 Å². The fraction of sp³-hybridized carbons (Fsp3) is 0.931. The Balaban J connectivity index is 1.28. The van der Waals surface area contributed by atoms with E-state index in [9.17, 15) is 40.2 Å². The largest absolute Gasteiger partial charge is 0.481 e. The first-order chi connectivity index (χ1) is 18.3. The van der Waals surface area contributed by atoms with Gasteiger partial charge in [-0.15, -0.1) is 0 Å². The highest BCUT2D eigenvalue weighted by atomic mass is 16.7. The molecule has 0 unspecified atom stereocenters. The van der Waals surface area contributed by atoms with Gasteiger partial charge >= 0.3 is 11.9 Å². The maximum Gasteiger partial charge on any atom is 0.335 e. The van der Waals surface area contributed by atoms with Gasteiger partial charge < -0.3 is 40.1 Å². The van der Waals surface area contributed by atoms with Crippen molar-refractivity contribution in [2.75, 3.05) is 0 Å². The van der Waals surface area contributed by atoms with E-state index in [0.717, 1.165) is 32.1 Å². The zero-order valence-electron chi connectivity index (χ0n) is 23.2. The van der Waals surface area contributed by atoms with Gasteiger partial charge in [0.1, 0.15) is 18.3 Å². The van der Waals surface area contributed by atoms with Crippen LogP contribution in [0, 0.1) is 46.3 Å². The van der Waals surface area contributed by atoms with Crippen molar-refractivity contribution in [3.8, 4) is 0 Å². The lowest BCUT2D eigenvalue weighted by atomic mass is 9.43. The first-order valence-electron chi connectivity index (χ1n) is 14.8. The van der Waals surface area contributed by atoms with Crippen molar-refractivity contribution in [3.63, 3.8) is 0 Å². The molecular formula is C29H46O10. The average Bonchev–Trinajstić information content (AvgIpc) is 3.21. The minimum absolute atomic E-state index is 0.0151. The van der Waals surface area contributed by atoms with Crippen molar-refractivity contribution >= 4 is 11.9 Å². The van der Waals surface area contributed by atoms with Gasteiger partial charge in [-0.3, -0.25) is 4.79 Å². The molecule has 10 nitrogen and oxygen atoms in total.